The summed E-state index contributed by atoms with van der Waals surface area (Å²) in [5.74, 6) is -0.178. The summed E-state index contributed by atoms with van der Waals surface area (Å²) >= 11 is 5.98. The van der Waals surface area contributed by atoms with Gasteiger partial charge in [-0.15, -0.1) is 0 Å². The van der Waals surface area contributed by atoms with Crippen molar-refractivity contribution in [1.82, 2.24) is 14.7 Å². The van der Waals surface area contributed by atoms with Crippen LogP contribution in [0.1, 0.15) is 24.1 Å². The van der Waals surface area contributed by atoms with Gasteiger partial charge in [0.1, 0.15) is 0 Å². The molecule has 1 aliphatic rings. The number of aryl methyl sites for hydroxylation is 1. The Balaban J connectivity index is 1.85. The van der Waals surface area contributed by atoms with Crippen molar-refractivity contribution in [3.8, 4) is 0 Å². The number of halogens is 1. The lowest BCUT2D eigenvalue weighted by molar-refractivity contribution is -0.132. The first-order valence-electron chi connectivity index (χ1n) is 8.14. The van der Waals surface area contributed by atoms with Gasteiger partial charge in [0.2, 0.25) is 5.91 Å². The quantitative estimate of drug-likeness (QED) is 0.813. The molecule has 0 radical (unpaired) electrons. The zero-order valence-electron chi connectivity index (χ0n) is 13.9. The number of rotatable bonds is 4. The molecule has 2 aromatic rings. The second-order valence-electron chi connectivity index (χ2n) is 6.15. The monoisotopic (exact) mass is 381 g/mol. The molecule has 1 aromatic carbocycles. The van der Waals surface area contributed by atoms with Crippen molar-refractivity contribution in [2.24, 2.45) is 0 Å². The van der Waals surface area contributed by atoms with Crippen molar-refractivity contribution in [3.63, 3.8) is 0 Å². The molecule has 3 rings (SSSR count). The zero-order chi connectivity index (χ0) is 18.0. The summed E-state index contributed by atoms with van der Waals surface area (Å²) in [5, 5.41) is 4.79. The third-order valence-corrected chi connectivity index (χ3v) is 6.22. The molecule has 25 heavy (non-hydrogen) atoms. The maximum Gasteiger partial charge on any atom is 0.227 e. The van der Waals surface area contributed by atoms with Crippen LogP contribution in [0.5, 0.6) is 0 Å². The summed E-state index contributed by atoms with van der Waals surface area (Å²) in [5.41, 5.74) is 1.57. The average Bonchev–Trinajstić information content (AvgIpc) is 3.03. The Kier molecular flexibility index (Phi) is 5.15. The molecule has 8 heteroatoms. The van der Waals surface area contributed by atoms with Gasteiger partial charge >= 0.3 is 0 Å². The lowest BCUT2D eigenvalue weighted by Crippen LogP contribution is -2.46. The van der Waals surface area contributed by atoms with E-state index in [-0.39, 0.29) is 30.4 Å². The molecule has 1 amide bonds. The number of carbonyl (C=O) groups excluding carboxylic acids is 1. The number of amides is 1. The van der Waals surface area contributed by atoms with Crippen molar-refractivity contribution in [3.05, 3.63) is 52.8 Å². The SMILES string of the molecule is CCn1cc([C@H]2CS(=O)(=O)CCN2C(=O)Cc2cccc(Cl)c2)cn1. The number of sulfone groups is 1. The third-order valence-electron chi connectivity index (χ3n) is 4.36. The first kappa shape index (κ1) is 17.9. The summed E-state index contributed by atoms with van der Waals surface area (Å²) in [7, 11) is -3.18. The number of carbonyl (C=O) groups is 1. The topological polar surface area (TPSA) is 72.3 Å². The van der Waals surface area contributed by atoms with Crippen LogP contribution < -0.4 is 0 Å². The molecular weight excluding hydrogens is 362 g/mol. The van der Waals surface area contributed by atoms with Crippen molar-refractivity contribution in [2.45, 2.75) is 25.9 Å². The Labute approximate surface area is 152 Å². The Hall–Kier alpha value is -1.86. The van der Waals surface area contributed by atoms with E-state index in [4.69, 9.17) is 11.6 Å². The Morgan fingerprint density at radius 1 is 1.40 bits per heavy atom. The Morgan fingerprint density at radius 2 is 2.20 bits per heavy atom. The van der Waals surface area contributed by atoms with Gasteiger partial charge in [-0.25, -0.2) is 8.42 Å². The van der Waals surface area contributed by atoms with E-state index in [0.29, 0.717) is 11.6 Å². The van der Waals surface area contributed by atoms with Gasteiger partial charge in [0.05, 0.1) is 30.2 Å². The molecule has 134 valence electrons. The van der Waals surface area contributed by atoms with Crippen LogP contribution >= 0.6 is 11.6 Å². The normalized spacial score (nSPS) is 19.8. The van der Waals surface area contributed by atoms with Gasteiger partial charge in [0, 0.05) is 29.9 Å². The first-order valence-corrected chi connectivity index (χ1v) is 10.3. The maximum absolute atomic E-state index is 12.8. The molecule has 2 heterocycles. The lowest BCUT2D eigenvalue weighted by atomic mass is 10.1. The predicted molar refractivity (Wildman–Crippen MR) is 96.2 cm³/mol. The molecule has 0 bridgehead atoms. The van der Waals surface area contributed by atoms with Crippen molar-refractivity contribution in [1.29, 1.82) is 0 Å². The van der Waals surface area contributed by atoms with E-state index < -0.39 is 15.9 Å². The highest BCUT2D eigenvalue weighted by Crippen LogP contribution is 2.27. The molecule has 1 aliphatic heterocycles. The molecule has 0 spiro atoms. The fourth-order valence-electron chi connectivity index (χ4n) is 3.03. The molecule has 1 aromatic heterocycles. The summed E-state index contributed by atoms with van der Waals surface area (Å²) in [6.07, 6.45) is 3.65. The highest BCUT2D eigenvalue weighted by atomic mass is 35.5. The van der Waals surface area contributed by atoms with E-state index in [2.05, 4.69) is 5.10 Å². The third kappa shape index (κ3) is 4.22. The van der Waals surface area contributed by atoms with E-state index in [1.165, 1.54) is 0 Å². The first-order chi connectivity index (χ1) is 11.9. The second kappa shape index (κ2) is 7.17. The summed E-state index contributed by atoms with van der Waals surface area (Å²) in [6.45, 7) is 2.84. The summed E-state index contributed by atoms with van der Waals surface area (Å²) in [4.78, 5) is 14.5. The van der Waals surface area contributed by atoms with Gasteiger partial charge in [-0.2, -0.15) is 5.10 Å². The molecule has 1 fully saturated rings. The number of hydrogen-bond donors (Lipinski definition) is 0. The van der Waals surface area contributed by atoms with Gasteiger partial charge in [0.25, 0.3) is 0 Å². The minimum Gasteiger partial charge on any atom is -0.333 e. The van der Waals surface area contributed by atoms with Crippen molar-refractivity contribution >= 4 is 27.3 Å². The highest BCUT2D eigenvalue weighted by Gasteiger charge is 2.35. The van der Waals surface area contributed by atoms with Crippen LogP contribution in [0.2, 0.25) is 5.02 Å². The van der Waals surface area contributed by atoms with Crippen LogP contribution in [0, 0.1) is 0 Å². The molecule has 1 atom stereocenters. The van der Waals surface area contributed by atoms with Crippen LogP contribution in [0.25, 0.3) is 0 Å². The fraction of sp³-hybridized carbons (Fsp3) is 0.412. The average molecular weight is 382 g/mol. The van der Waals surface area contributed by atoms with E-state index in [1.54, 1.807) is 34.0 Å². The van der Waals surface area contributed by atoms with Gasteiger partial charge in [0.15, 0.2) is 9.84 Å². The van der Waals surface area contributed by atoms with Crippen LogP contribution in [-0.2, 0) is 27.6 Å². The van der Waals surface area contributed by atoms with E-state index >= 15 is 0 Å². The number of benzene rings is 1. The largest absolute Gasteiger partial charge is 0.333 e. The molecule has 0 aliphatic carbocycles. The van der Waals surface area contributed by atoms with Gasteiger partial charge < -0.3 is 4.90 Å². The van der Waals surface area contributed by atoms with Crippen LogP contribution in [0.15, 0.2) is 36.7 Å². The van der Waals surface area contributed by atoms with E-state index in [1.807, 2.05) is 19.2 Å². The van der Waals surface area contributed by atoms with Crippen LogP contribution in [0.4, 0.5) is 0 Å². The van der Waals surface area contributed by atoms with E-state index in [9.17, 15) is 13.2 Å². The minimum atomic E-state index is -3.18. The van der Waals surface area contributed by atoms with Crippen LogP contribution in [-0.4, -0.2) is 47.1 Å². The fourth-order valence-corrected chi connectivity index (χ4v) is 4.74. The molecule has 0 unspecified atom stereocenters. The van der Waals surface area contributed by atoms with Crippen molar-refractivity contribution < 1.29 is 13.2 Å². The minimum absolute atomic E-state index is 0.00724. The van der Waals surface area contributed by atoms with Gasteiger partial charge in [-0.1, -0.05) is 23.7 Å². The molecule has 0 N–H and O–H groups in total. The number of hydrogen-bond acceptors (Lipinski definition) is 4. The maximum atomic E-state index is 12.8. The Morgan fingerprint density at radius 3 is 2.88 bits per heavy atom. The van der Waals surface area contributed by atoms with Crippen molar-refractivity contribution in [2.75, 3.05) is 18.1 Å². The summed E-state index contributed by atoms with van der Waals surface area (Å²) < 4.78 is 25.9. The van der Waals surface area contributed by atoms with Gasteiger partial charge in [-0.3, -0.25) is 9.48 Å². The molecular formula is C17H20ClN3O3S. The van der Waals surface area contributed by atoms with E-state index in [0.717, 1.165) is 11.1 Å². The molecule has 1 saturated heterocycles. The van der Waals surface area contributed by atoms with Gasteiger partial charge in [-0.05, 0) is 24.6 Å². The standard InChI is InChI=1S/C17H20ClN3O3S/c1-2-20-11-14(10-19-20)16-12-25(23,24)7-6-21(16)17(22)9-13-4-3-5-15(18)8-13/h3-5,8,10-11,16H,2,6-7,9,12H2,1H3/t16-/m1/s1. The number of nitrogens with zero attached hydrogens (tertiary/aromatic N) is 3. The Bertz CT molecular complexity index is 879. The smallest absolute Gasteiger partial charge is 0.227 e. The predicted octanol–water partition coefficient (Wildman–Crippen LogP) is 2.10. The zero-order valence-corrected chi connectivity index (χ0v) is 15.5. The molecule has 0 saturated carbocycles. The lowest BCUT2D eigenvalue weighted by Gasteiger charge is -2.35. The highest BCUT2D eigenvalue weighted by molar-refractivity contribution is 7.91. The number of aromatic nitrogens is 2. The second-order valence-corrected chi connectivity index (χ2v) is 8.82. The molecule has 6 nitrogen and oxygen atoms in total. The van der Waals surface area contributed by atoms with Crippen LogP contribution in [0.3, 0.4) is 0 Å². The summed E-state index contributed by atoms with van der Waals surface area (Å²) in [6, 6.07) is 6.66.